The first kappa shape index (κ1) is 25.0. The molecule has 0 saturated heterocycles. The van der Waals surface area contributed by atoms with Gasteiger partial charge in [-0.3, -0.25) is 15.3 Å². The summed E-state index contributed by atoms with van der Waals surface area (Å²) < 4.78 is 15.7. The molecule has 0 radical (unpaired) electrons. The summed E-state index contributed by atoms with van der Waals surface area (Å²) in [7, 11) is 1.96. The molecule has 1 atom stereocenters. The van der Waals surface area contributed by atoms with Crippen LogP contribution in [0.1, 0.15) is 56.5 Å². The van der Waals surface area contributed by atoms with Gasteiger partial charge in [-0.2, -0.15) is 5.26 Å². The Hall–Kier alpha value is -3.68. The van der Waals surface area contributed by atoms with Crippen LogP contribution in [0.25, 0.3) is 10.9 Å². The minimum absolute atomic E-state index is 0.318. The van der Waals surface area contributed by atoms with Crippen molar-refractivity contribution >= 4 is 41.7 Å². The topological polar surface area (TPSA) is 101 Å². The van der Waals surface area contributed by atoms with E-state index in [9.17, 15) is 9.65 Å². The Kier molecular flexibility index (Phi) is 6.30. The summed E-state index contributed by atoms with van der Waals surface area (Å²) in [6, 6.07) is 12.4. The van der Waals surface area contributed by atoms with E-state index < -0.39 is 11.0 Å². The lowest BCUT2D eigenvalue weighted by molar-refractivity contribution is 0.0377. The molecule has 4 aromatic rings. The number of hydrogen-bond donors (Lipinski definition) is 2. The highest BCUT2D eigenvalue weighted by Crippen LogP contribution is 2.38. The van der Waals surface area contributed by atoms with E-state index in [4.69, 9.17) is 16.4 Å². The Balaban J connectivity index is 1.62. The van der Waals surface area contributed by atoms with Gasteiger partial charge in [-0.15, -0.1) is 5.10 Å². The van der Waals surface area contributed by atoms with Gasteiger partial charge in [0.25, 0.3) is 0 Å². The molecule has 1 unspecified atom stereocenters. The van der Waals surface area contributed by atoms with Gasteiger partial charge in [-0.1, -0.05) is 28.9 Å². The van der Waals surface area contributed by atoms with Gasteiger partial charge < -0.3 is 5.32 Å². The maximum Gasteiger partial charge on any atom is 0.148 e. The minimum atomic E-state index is -0.867. The maximum atomic E-state index is 13.8. The second-order valence-electron chi connectivity index (χ2n) is 10.4. The predicted octanol–water partition coefficient (Wildman–Crippen LogP) is 4.91. The van der Waals surface area contributed by atoms with E-state index in [0.29, 0.717) is 44.6 Å². The van der Waals surface area contributed by atoms with Crippen molar-refractivity contribution in [2.45, 2.75) is 50.7 Å². The van der Waals surface area contributed by atoms with E-state index in [2.05, 4.69) is 32.2 Å². The highest BCUT2D eigenvalue weighted by Gasteiger charge is 2.34. The highest BCUT2D eigenvalue weighted by molar-refractivity contribution is 6.36. The van der Waals surface area contributed by atoms with Gasteiger partial charge in [-0.25, -0.2) is 9.07 Å². The van der Waals surface area contributed by atoms with Crippen molar-refractivity contribution in [3.8, 4) is 6.07 Å². The van der Waals surface area contributed by atoms with Crippen LogP contribution in [0, 0.1) is 17.1 Å². The number of nitrogens with one attached hydrogen (secondary N) is 2. The molecule has 188 valence electrons. The van der Waals surface area contributed by atoms with Crippen LogP contribution >= 0.6 is 11.6 Å². The summed E-state index contributed by atoms with van der Waals surface area (Å²) in [4.78, 5) is 10.2. The van der Waals surface area contributed by atoms with Crippen molar-refractivity contribution in [1.82, 2.24) is 20.0 Å². The molecular formula is C26H26BClFN7O. The standard InChI is InChI=1S/C26H26BClFN7O/c1-25(2,3)37-34-23-15(12-30)13-31-24-20(23)10-18(11-21(24)28)32-26(27,16-4-6-17(29)7-5-16)22-14-36(35-33-22)19-8-9-19/h4-7,10-11,13-14,19,32H,8-9,27H2,1-3H3,(H,31,34). The molecule has 0 aliphatic heterocycles. The number of anilines is 2. The van der Waals surface area contributed by atoms with E-state index in [-0.39, 0.29) is 5.82 Å². The molecule has 8 nitrogen and oxygen atoms in total. The van der Waals surface area contributed by atoms with Crippen LogP contribution in [-0.4, -0.2) is 33.4 Å². The molecule has 1 fully saturated rings. The summed E-state index contributed by atoms with van der Waals surface area (Å²) >= 11 is 6.68. The molecule has 1 saturated carbocycles. The maximum absolute atomic E-state index is 13.8. The molecule has 0 bridgehead atoms. The Bertz CT molecular complexity index is 1510. The number of halogens is 2. The molecule has 2 aromatic heterocycles. The summed E-state index contributed by atoms with van der Waals surface area (Å²) in [6.07, 6.45) is 5.54. The number of fused-ring (bicyclic) bond motifs is 1. The number of hydrogen-bond acceptors (Lipinski definition) is 7. The molecule has 1 aliphatic rings. The number of nitrogens with zero attached hydrogens (tertiary/aromatic N) is 5. The predicted molar refractivity (Wildman–Crippen MR) is 144 cm³/mol. The normalized spacial score (nSPS) is 15.2. The fourth-order valence-electron chi connectivity index (χ4n) is 4.11. The lowest BCUT2D eigenvalue weighted by atomic mass is 9.69. The number of rotatable bonds is 7. The van der Waals surface area contributed by atoms with E-state index in [1.165, 1.54) is 18.3 Å². The van der Waals surface area contributed by atoms with Crippen molar-refractivity contribution in [1.29, 1.82) is 5.26 Å². The Labute approximate surface area is 220 Å². The van der Waals surface area contributed by atoms with Gasteiger partial charge >= 0.3 is 0 Å². The van der Waals surface area contributed by atoms with E-state index >= 15 is 0 Å². The average molecular weight is 518 g/mol. The molecule has 2 N–H and O–H groups in total. The first-order valence-corrected chi connectivity index (χ1v) is 12.4. The van der Waals surface area contributed by atoms with Crippen LogP contribution in [0.2, 0.25) is 5.02 Å². The third kappa shape index (κ3) is 5.10. The van der Waals surface area contributed by atoms with Gasteiger partial charge in [0, 0.05) is 17.3 Å². The Morgan fingerprint density at radius 2 is 1.95 bits per heavy atom. The lowest BCUT2D eigenvalue weighted by Crippen LogP contribution is -2.37. The van der Waals surface area contributed by atoms with Crippen LogP contribution in [0.3, 0.4) is 0 Å². The van der Waals surface area contributed by atoms with Crippen molar-refractivity contribution in [2.24, 2.45) is 0 Å². The van der Waals surface area contributed by atoms with Gasteiger partial charge in [0.05, 0.1) is 45.1 Å². The molecule has 5 rings (SSSR count). The zero-order valence-corrected chi connectivity index (χ0v) is 21.8. The second kappa shape index (κ2) is 9.32. The lowest BCUT2D eigenvalue weighted by Gasteiger charge is -2.31. The largest absolute Gasteiger partial charge is 0.378 e. The Morgan fingerprint density at radius 3 is 2.59 bits per heavy atom. The Morgan fingerprint density at radius 1 is 1.22 bits per heavy atom. The van der Waals surface area contributed by atoms with Crippen molar-refractivity contribution in [2.75, 3.05) is 10.8 Å². The fourth-order valence-corrected chi connectivity index (χ4v) is 4.38. The first-order valence-electron chi connectivity index (χ1n) is 12.0. The number of nitriles is 1. The third-order valence-electron chi connectivity index (χ3n) is 6.26. The monoisotopic (exact) mass is 517 g/mol. The first-order chi connectivity index (χ1) is 17.6. The summed E-state index contributed by atoms with van der Waals surface area (Å²) in [5.74, 6) is -0.328. The molecule has 2 aromatic carbocycles. The number of benzene rings is 2. The molecule has 37 heavy (non-hydrogen) atoms. The van der Waals surface area contributed by atoms with E-state index in [1.807, 2.05) is 45.6 Å². The fraction of sp³-hybridized carbons (Fsp3) is 0.308. The summed E-state index contributed by atoms with van der Waals surface area (Å²) in [6.45, 7) is 5.70. The summed E-state index contributed by atoms with van der Waals surface area (Å²) in [5, 5.41) is 23.1. The van der Waals surface area contributed by atoms with E-state index in [0.717, 1.165) is 18.4 Å². The van der Waals surface area contributed by atoms with Gasteiger partial charge in [-0.05, 0) is 63.4 Å². The molecular weight excluding hydrogens is 492 g/mol. The summed E-state index contributed by atoms with van der Waals surface area (Å²) in [5.41, 5.74) is 5.01. The third-order valence-corrected chi connectivity index (χ3v) is 6.55. The van der Waals surface area contributed by atoms with Gasteiger partial charge in [0.1, 0.15) is 25.4 Å². The van der Waals surface area contributed by atoms with Crippen molar-refractivity contribution < 1.29 is 9.23 Å². The van der Waals surface area contributed by atoms with Crippen LogP contribution in [-0.2, 0) is 10.3 Å². The molecule has 2 heterocycles. The molecule has 11 heteroatoms. The average Bonchev–Trinajstić information content (AvgIpc) is 3.58. The van der Waals surface area contributed by atoms with Gasteiger partial charge in [0.2, 0.25) is 0 Å². The molecule has 0 spiro atoms. The quantitative estimate of drug-likeness (QED) is 0.265. The van der Waals surface area contributed by atoms with Crippen molar-refractivity contribution in [3.05, 3.63) is 76.5 Å². The molecule has 0 amide bonds. The number of aromatic nitrogens is 4. The zero-order valence-electron chi connectivity index (χ0n) is 21.0. The zero-order chi connectivity index (χ0) is 26.4. The highest BCUT2D eigenvalue weighted by atomic mass is 35.5. The number of pyridine rings is 1. The van der Waals surface area contributed by atoms with Crippen LogP contribution in [0.5, 0.6) is 0 Å². The molecule has 1 aliphatic carbocycles. The second-order valence-corrected chi connectivity index (χ2v) is 10.8. The van der Waals surface area contributed by atoms with Crippen LogP contribution in [0.15, 0.2) is 48.8 Å². The van der Waals surface area contributed by atoms with Crippen LogP contribution < -0.4 is 10.8 Å². The van der Waals surface area contributed by atoms with Crippen LogP contribution in [0.4, 0.5) is 15.8 Å². The van der Waals surface area contributed by atoms with Gasteiger partial charge in [0.15, 0.2) is 0 Å². The minimum Gasteiger partial charge on any atom is -0.378 e. The SMILES string of the molecule is BC(Nc1cc(Cl)c2ncc(C#N)c(NOC(C)(C)C)c2c1)(c1ccc(F)cc1)c1cn(C2CC2)nn1. The van der Waals surface area contributed by atoms with Crippen molar-refractivity contribution in [3.63, 3.8) is 0 Å². The van der Waals surface area contributed by atoms with E-state index in [1.54, 1.807) is 18.2 Å². The smallest absolute Gasteiger partial charge is 0.148 e.